The second-order valence-corrected chi connectivity index (χ2v) is 14.5. The second-order valence-electron chi connectivity index (χ2n) is 14.5. The zero-order valence-electron chi connectivity index (χ0n) is 33.0. The van der Waals surface area contributed by atoms with Crippen LogP contribution in [0.4, 0.5) is 0 Å². The summed E-state index contributed by atoms with van der Waals surface area (Å²) < 4.78 is 33.0. The van der Waals surface area contributed by atoms with E-state index in [4.69, 9.17) is 34.2 Å². The molecule has 61 heavy (non-hydrogen) atoms. The Labute approximate surface area is 346 Å². The maximum absolute atomic E-state index is 14.0. The number of carbonyl (C=O) groups excluding carboxylic acids is 5. The molecule has 6 atom stereocenters. The highest BCUT2D eigenvalue weighted by molar-refractivity contribution is 6.31. The van der Waals surface area contributed by atoms with E-state index >= 15 is 0 Å². The summed E-state index contributed by atoms with van der Waals surface area (Å²) in [6.45, 7) is 0.265. The Morgan fingerprint density at radius 3 is 2.43 bits per heavy atom. The molecule has 20 heteroatoms. The molecule has 6 N–H and O–H groups in total. The van der Waals surface area contributed by atoms with Crippen molar-refractivity contribution in [3.8, 4) is 28.7 Å². The largest absolute Gasteiger partial charge is 0.507 e. The molecule has 1 heterocycles. The molecule has 3 aromatic carbocycles. The first-order valence-electron chi connectivity index (χ1n) is 18.9. The van der Waals surface area contributed by atoms with Gasteiger partial charge in [0.25, 0.3) is 5.09 Å². The molecule has 3 aliphatic rings. The number of phenolic OH excluding ortho intramolecular Hbond substituents is 2. The van der Waals surface area contributed by atoms with Gasteiger partial charge in [-0.15, -0.1) is 10.1 Å². The molecule has 4 unspecified atom stereocenters. The van der Waals surface area contributed by atoms with Gasteiger partial charge >= 0.3 is 11.9 Å². The summed E-state index contributed by atoms with van der Waals surface area (Å²) in [5.74, 6) is -5.81. The van der Waals surface area contributed by atoms with Gasteiger partial charge in [0, 0.05) is 54.5 Å². The topological polar surface area (TPSA) is 300 Å². The van der Waals surface area contributed by atoms with Gasteiger partial charge in [0.1, 0.15) is 22.8 Å². The average Bonchev–Trinajstić information content (AvgIpc) is 3.22. The van der Waals surface area contributed by atoms with Crippen LogP contribution in [0.25, 0.3) is 6.08 Å². The van der Waals surface area contributed by atoms with E-state index in [9.17, 15) is 54.5 Å². The molecule has 0 saturated carbocycles. The molecule has 1 fully saturated rings. The van der Waals surface area contributed by atoms with Crippen LogP contribution in [0.3, 0.4) is 0 Å². The van der Waals surface area contributed by atoms with Crippen LogP contribution in [0.2, 0.25) is 0 Å². The second kappa shape index (κ2) is 18.0. The number of ketones is 3. The molecule has 1 aliphatic heterocycles. The first kappa shape index (κ1) is 44.1. The lowest BCUT2D eigenvalue weighted by molar-refractivity contribution is -0.757. The molecule has 0 bridgehead atoms. The normalized spacial score (nSPS) is 23.0. The average molecular weight is 851 g/mol. The smallest absolute Gasteiger partial charge is 0.331 e. The van der Waals surface area contributed by atoms with Gasteiger partial charge in [0.05, 0.1) is 55.8 Å². The fraction of sp³-hybridized carbons (Fsp3) is 0.390. The van der Waals surface area contributed by atoms with Crippen molar-refractivity contribution in [3.05, 3.63) is 91.5 Å². The van der Waals surface area contributed by atoms with Crippen molar-refractivity contribution < 1.29 is 82.7 Å². The molecule has 20 nitrogen and oxygen atoms in total. The minimum absolute atomic E-state index is 0.0310. The van der Waals surface area contributed by atoms with Gasteiger partial charge in [-0.3, -0.25) is 19.2 Å². The number of Topliss-reactive ketones (excluding diaryl/α,β-unsaturated/α-hetero) is 1. The maximum Gasteiger partial charge on any atom is 0.331 e. The van der Waals surface area contributed by atoms with Gasteiger partial charge in [-0.05, 0) is 43.2 Å². The SMILES string of the molecule is COc1cc(C=CC(=O)OCC(=O)[C@]2(O)Cc3c(O)c4c(c(O)c3[C@@H](OC3CC(N)C(O)C(C)O3)C2)C(=O)c2c(OC)cccc2C4=O)ccc1OC(=O)CCCO[N+](=O)[O-]. The number of aliphatic hydroxyl groups excluding tert-OH is 1. The standard InChI is InChI=1S/C41H42N2O18/c1-19-36(47)23(42)15-31(59-19)61-27-17-41(52,16-22-33(27)40(51)35-34(38(22)49)37(48)21-6-4-7-25(55-2)32(21)39(35)50)28(44)18-57-29(45)12-10-20-9-11-24(26(14-20)56-3)60-30(46)8-5-13-58-43(53)54/h4,6-7,9-12,14,19,23,27,31,36,47,49,51-52H,5,8,13,15-18,42H2,1-3H3/t19?,23?,27-,31?,36?,41-/m0/s1. The molecule has 3 aromatic rings. The zero-order valence-corrected chi connectivity index (χ0v) is 33.0. The predicted molar refractivity (Wildman–Crippen MR) is 205 cm³/mol. The molecule has 2 aliphatic carbocycles. The van der Waals surface area contributed by atoms with E-state index in [-0.39, 0.29) is 65.4 Å². The van der Waals surface area contributed by atoms with Crippen LogP contribution in [-0.2, 0) is 39.9 Å². The van der Waals surface area contributed by atoms with Crippen LogP contribution in [0.15, 0.2) is 42.5 Å². The van der Waals surface area contributed by atoms with Gasteiger partial charge in [-0.1, -0.05) is 18.2 Å². The van der Waals surface area contributed by atoms with Gasteiger partial charge < -0.3 is 59.4 Å². The fourth-order valence-electron chi connectivity index (χ4n) is 7.49. The van der Waals surface area contributed by atoms with Gasteiger partial charge in [-0.25, -0.2) is 4.79 Å². The van der Waals surface area contributed by atoms with Crippen molar-refractivity contribution in [2.75, 3.05) is 27.4 Å². The van der Waals surface area contributed by atoms with Crippen molar-refractivity contribution in [1.29, 1.82) is 0 Å². The Bertz CT molecular complexity index is 2300. The van der Waals surface area contributed by atoms with Crippen molar-refractivity contribution in [1.82, 2.24) is 0 Å². The van der Waals surface area contributed by atoms with Crippen LogP contribution in [-0.4, -0.2) is 112 Å². The molecular weight excluding hydrogens is 808 g/mol. The summed E-state index contributed by atoms with van der Waals surface area (Å²) in [6, 6.07) is 7.71. The van der Waals surface area contributed by atoms with Gasteiger partial charge in [0.15, 0.2) is 30.2 Å². The molecule has 1 saturated heterocycles. The number of esters is 2. The number of ether oxygens (including phenoxy) is 6. The highest BCUT2D eigenvalue weighted by Crippen LogP contribution is 2.52. The number of nitrogens with two attached hydrogens (primary N) is 1. The monoisotopic (exact) mass is 850 g/mol. The van der Waals surface area contributed by atoms with E-state index in [0.717, 1.165) is 6.08 Å². The van der Waals surface area contributed by atoms with Crippen molar-refractivity contribution in [3.63, 3.8) is 0 Å². The Hall–Kier alpha value is -6.45. The highest BCUT2D eigenvalue weighted by atomic mass is 16.9. The van der Waals surface area contributed by atoms with Crippen LogP contribution >= 0.6 is 0 Å². The van der Waals surface area contributed by atoms with E-state index in [0.29, 0.717) is 5.56 Å². The first-order chi connectivity index (χ1) is 29.0. The summed E-state index contributed by atoms with van der Waals surface area (Å²) in [4.78, 5) is 81.0. The van der Waals surface area contributed by atoms with Gasteiger partial charge in [-0.2, -0.15) is 0 Å². The lowest BCUT2D eigenvalue weighted by Gasteiger charge is -2.42. The number of hydrogen-bond acceptors (Lipinski definition) is 19. The van der Waals surface area contributed by atoms with Crippen LogP contribution in [0.1, 0.15) is 87.2 Å². The molecule has 0 aromatic heterocycles. The lowest BCUT2D eigenvalue weighted by atomic mass is 9.72. The summed E-state index contributed by atoms with van der Waals surface area (Å²) in [5, 5.41) is 55.1. The third-order valence-electron chi connectivity index (χ3n) is 10.6. The third kappa shape index (κ3) is 9.03. The van der Waals surface area contributed by atoms with Crippen LogP contribution in [0, 0.1) is 10.1 Å². The third-order valence-corrected chi connectivity index (χ3v) is 10.6. The summed E-state index contributed by atoms with van der Waals surface area (Å²) in [7, 11) is 2.60. The van der Waals surface area contributed by atoms with E-state index in [1.54, 1.807) is 6.92 Å². The minimum atomic E-state index is -2.45. The Kier molecular flexibility index (Phi) is 13.0. The van der Waals surface area contributed by atoms with Crippen molar-refractivity contribution in [2.45, 2.75) is 75.3 Å². The lowest BCUT2D eigenvalue weighted by Crippen LogP contribution is -2.53. The van der Waals surface area contributed by atoms with E-state index in [2.05, 4.69) is 4.84 Å². The van der Waals surface area contributed by atoms with E-state index in [1.165, 1.54) is 56.7 Å². The van der Waals surface area contributed by atoms with Crippen LogP contribution < -0.4 is 19.9 Å². The summed E-state index contributed by atoms with van der Waals surface area (Å²) in [5.41, 5.74) is 2.17. The summed E-state index contributed by atoms with van der Waals surface area (Å²) >= 11 is 0. The number of aliphatic hydroxyl groups is 2. The number of hydrogen-bond donors (Lipinski definition) is 5. The van der Waals surface area contributed by atoms with Crippen molar-refractivity contribution in [2.24, 2.45) is 5.73 Å². The number of rotatable bonds is 15. The minimum Gasteiger partial charge on any atom is -0.507 e. The predicted octanol–water partition coefficient (Wildman–Crippen LogP) is 2.17. The van der Waals surface area contributed by atoms with Gasteiger partial charge in [0.2, 0.25) is 11.6 Å². The number of fused-ring (bicyclic) bond motifs is 3. The highest BCUT2D eigenvalue weighted by Gasteiger charge is 2.50. The number of aromatic hydroxyl groups is 2. The molecule has 0 amide bonds. The molecule has 0 radical (unpaired) electrons. The van der Waals surface area contributed by atoms with E-state index in [1.807, 2.05) is 0 Å². The number of carbonyl (C=O) groups is 5. The van der Waals surface area contributed by atoms with Crippen molar-refractivity contribution >= 4 is 35.4 Å². The quantitative estimate of drug-likeness (QED) is 0.0218. The Morgan fingerprint density at radius 2 is 1.74 bits per heavy atom. The Morgan fingerprint density at radius 1 is 1.02 bits per heavy atom. The maximum atomic E-state index is 14.0. The number of methoxy groups -OCH3 is 2. The molecule has 6 rings (SSSR count). The molecule has 0 spiro atoms. The molecule has 324 valence electrons. The molecular formula is C41H42N2O18. The number of benzene rings is 3. The zero-order chi connectivity index (χ0) is 44.3. The summed E-state index contributed by atoms with van der Waals surface area (Å²) in [6.07, 6.45) is -3.82. The Balaban J connectivity index is 1.22. The van der Waals surface area contributed by atoms with E-state index < -0.39 is 113 Å². The number of nitrogens with zero attached hydrogens (tertiary/aromatic N) is 1. The van der Waals surface area contributed by atoms with Crippen LogP contribution in [0.5, 0.6) is 28.7 Å². The number of phenols is 2. The fourth-order valence-corrected chi connectivity index (χ4v) is 7.49. The first-order valence-corrected chi connectivity index (χ1v) is 18.9.